The third-order valence-corrected chi connectivity index (χ3v) is 3.84. The lowest BCUT2D eigenvalue weighted by molar-refractivity contribution is 0.202. The Labute approximate surface area is 115 Å². The number of methoxy groups -OCH3 is 1. The molecule has 0 spiro atoms. The van der Waals surface area contributed by atoms with Gasteiger partial charge in [-0.15, -0.1) is 0 Å². The van der Waals surface area contributed by atoms with Crippen LogP contribution in [-0.4, -0.2) is 32.1 Å². The summed E-state index contributed by atoms with van der Waals surface area (Å²) in [5.74, 6) is 0.887. The smallest absolute Gasteiger partial charge is 0.124 e. The molecule has 1 atom stereocenters. The van der Waals surface area contributed by atoms with Crippen LogP contribution in [0.5, 0.6) is 0 Å². The van der Waals surface area contributed by atoms with Crippen molar-refractivity contribution in [3.8, 4) is 0 Å². The predicted molar refractivity (Wildman–Crippen MR) is 78.9 cm³/mol. The third-order valence-electron chi connectivity index (χ3n) is 3.84. The second kappa shape index (κ2) is 6.06. The number of rotatable bonds is 7. The summed E-state index contributed by atoms with van der Waals surface area (Å²) in [5.41, 5.74) is 7.56. The topological polar surface area (TPSA) is 62.3 Å². The molecular weight excluding hydrogens is 238 g/mol. The molecule has 3 N–H and O–H groups in total. The largest absolute Gasteiger partial charge is 0.384 e. The maximum atomic E-state index is 7.73. The van der Waals surface area contributed by atoms with E-state index in [1.807, 2.05) is 24.3 Å². The molecule has 1 aromatic rings. The zero-order valence-electron chi connectivity index (χ0n) is 11.7. The molecule has 0 radical (unpaired) electrons. The van der Waals surface area contributed by atoms with Crippen LogP contribution in [0.4, 0.5) is 5.69 Å². The lowest BCUT2D eigenvalue weighted by Gasteiger charge is -2.33. The predicted octanol–water partition coefficient (Wildman–Crippen LogP) is 2.22. The molecule has 2 rings (SSSR count). The van der Waals surface area contributed by atoms with E-state index in [4.69, 9.17) is 15.9 Å². The van der Waals surface area contributed by atoms with Gasteiger partial charge in [-0.2, -0.15) is 0 Å². The lowest BCUT2D eigenvalue weighted by Crippen LogP contribution is -2.38. The van der Waals surface area contributed by atoms with Crippen molar-refractivity contribution in [2.75, 3.05) is 25.2 Å². The molecule has 19 heavy (non-hydrogen) atoms. The Bertz CT molecular complexity index is 443. The second-order valence-electron chi connectivity index (χ2n) is 5.20. The van der Waals surface area contributed by atoms with Gasteiger partial charge < -0.3 is 15.4 Å². The first-order valence-electron chi connectivity index (χ1n) is 6.84. The van der Waals surface area contributed by atoms with E-state index in [1.165, 1.54) is 12.8 Å². The van der Waals surface area contributed by atoms with Crippen molar-refractivity contribution in [3.05, 3.63) is 29.8 Å². The molecule has 1 unspecified atom stereocenters. The van der Waals surface area contributed by atoms with Gasteiger partial charge in [0.05, 0.1) is 6.61 Å². The molecule has 0 amide bonds. The molecule has 1 aliphatic rings. The zero-order valence-corrected chi connectivity index (χ0v) is 11.7. The van der Waals surface area contributed by atoms with Crippen LogP contribution in [0.2, 0.25) is 0 Å². The number of hydrogen-bond acceptors (Lipinski definition) is 3. The molecule has 0 saturated heterocycles. The van der Waals surface area contributed by atoms with Gasteiger partial charge in [-0.05, 0) is 37.8 Å². The molecule has 1 aromatic carbocycles. The Morgan fingerprint density at radius 3 is 2.74 bits per heavy atom. The molecular formula is C15H23N3O. The first-order chi connectivity index (χ1) is 9.15. The summed E-state index contributed by atoms with van der Waals surface area (Å²) in [4.78, 5) is 2.33. The molecule has 0 aliphatic heterocycles. The van der Waals surface area contributed by atoms with Crippen molar-refractivity contribution in [2.45, 2.75) is 25.8 Å². The highest BCUT2D eigenvalue weighted by Gasteiger charge is 2.32. The normalized spacial score (nSPS) is 16.1. The van der Waals surface area contributed by atoms with E-state index < -0.39 is 0 Å². The third kappa shape index (κ3) is 3.26. The molecule has 4 nitrogen and oxygen atoms in total. The van der Waals surface area contributed by atoms with E-state index in [-0.39, 0.29) is 5.84 Å². The van der Waals surface area contributed by atoms with Crippen LogP contribution in [0.1, 0.15) is 25.3 Å². The first-order valence-corrected chi connectivity index (χ1v) is 6.84. The number of hydrogen-bond donors (Lipinski definition) is 2. The van der Waals surface area contributed by atoms with E-state index >= 15 is 0 Å². The van der Waals surface area contributed by atoms with Crippen LogP contribution in [0, 0.1) is 11.3 Å². The molecule has 1 fully saturated rings. The van der Waals surface area contributed by atoms with Gasteiger partial charge in [0.15, 0.2) is 0 Å². The van der Waals surface area contributed by atoms with Gasteiger partial charge in [-0.1, -0.05) is 12.1 Å². The van der Waals surface area contributed by atoms with Gasteiger partial charge in [0, 0.05) is 30.9 Å². The maximum absolute atomic E-state index is 7.73. The minimum absolute atomic E-state index is 0.126. The first kappa shape index (κ1) is 13.9. The van der Waals surface area contributed by atoms with Gasteiger partial charge in [-0.3, -0.25) is 5.41 Å². The highest BCUT2D eigenvalue weighted by molar-refractivity contribution is 6.00. The van der Waals surface area contributed by atoms with Gasteiger partial charge in [-0.25, -0.2) is 0 Å². The zero-order chi connectivity index (χ0) is 13.8. The van der Waals surface area contributed by atoms with Crippen LogP contribution in [0.3, 0.4) is 0 Å². The van der Waals surface area contributed by atoms with Gasteiger partial charge >= 0.3 is 0 Å². The Hall–Kier alpha value is -1.55. The summed E-state index contributed by atoms with van der Waals surface area (Å²) in [6.45, 7) is 3.77. The van der Waals surface area contributed by atoms with E-state index in [2.05, 4.69) is 11.8 Å². The Morgan fingerprint density at radius 2 is 2.16 bits per heavy atom. The molecule has 1 saturated carbocycles. The van der Waals surface area contributed by atoms with E-state index in [1.54, 1.807) is 7.11 Å². The second-order valence-corrected chi connectivity index (χ2v) is 5.20. The molecule has 0 aromatic heterocycles. The molecule has 0 heterocycles. The standard InChI is InChI=1S/C15H23N3O/c1-11(12-7-8-12)18(9-10-19-2)14-6-4-3-5-13(14)15(16)17/h3-6,11-12H,7-10H2,1-2H3,(H3,16,17). The van der Waals surface area contributed by atoms with E-state index in [0.717, 1.165) is 23.7 Å². The number of benzene rings is 1. The van der Waals surface area contributed by atoms with E-state index in [9.17, 15) is 0 Å². The van der Waals surface area contributed by atoms with Gasteiger partial charge in [0.2, 0.25) is 0 Å². The number of anilines is 1. The highest BCUT2D eigenvalue weighted by atomic mass is 16.5. The number of nitrogens with two attached hydrogens (primary N) is 1. The van der Waals surface area contributed by atoms with Gasteiger partial charge in [0.1, 0.15) is 5.84 Å². The average Bonchev–Trinajstić information content (AvgIpc) is 3.23. The summed E-state index contributed by atoms with van der Waals surface area (Å²) < 4.78 is 5.22. The van der Waals surface area contributed by atoms with E-state index in [0.29, 0.717) is 12.6 Å². The number of nitrogens with zero attached hydrogens (tertiary/aromatic N) is 1. The monoisotopic (exact) mass is 261 g/mol. The van der Waals surface area contributed by atoms with Crippen LogP contribution in [-0.2, 0) is 4.74 Å². The Balaban J connectivity index is 2.28. The number of para-hydroxylation sites is 1. The average molecular weight is 261 g/mol. The molecule has 104 valence electrons. The molecule has 4 heteroatoms. The summed E-state index contributed by atoms with van der Waals surface area (Å²) in [7, 11) is 1.72. The molecule has 0 bridgehead atoms. The fourth-order valence-electron chi connectivity index (χ4n) is 2.52. The van der Waals surface area contributed by atoms with Gasteiger partial charge in [0.25, 0.3) is 0 Å². The fourth-order valence-corrected chi connectivity index (χ4v) is 2.52. The number of nitrogen functional groups attached to an aromatic ring is 1. The Morgan fingerprint density at radius 1 is 1.47 bits per heavy atom. The van der Waals surface area contributed by atoms with Crippen LogP contribution < -0.4 is 10.6 Å². The molecule has 1 aliphatic carbocycles. The quantitative estimate of drug-likeness (QED) is 0.584. The van der Waals surface area contributed by atoms with Crippen molar-refractivity contribution in [2.24, 2.45) is 11.7 Å². The number of nitrogens with one attached hydrogen (secondary N) is 1. The van der Waals surface area contributed by atoms with Crippen LogP contribution >= 0.6 is 0 Å². The van der Waals surface area contributed by atoms with Crippen molar-refractivity contribution in [1.82, 2.24) is 0 Å². The van der Waals surface area contributed by atoms with Crippen molar-refractivity contribution < 1.29 is 4.74 Å². The van der Waals surface area contributed by atoms with Crippen LogP contribution in [0.25, 0.3) is 0 Å². The number of ether oxygens (including phenoxy) is 1. The maximum Gasteiger partial charge on any atom is 0.124 e. The Kier molecular flexibility index (Phi) is 4.43. The SMILES string of the molecule is COCCN(c1ccccc1C(=N)N)C(C)C1CC1. The van der Waals surface area contributed by atoms with Crippen molar-refractivity contribution >= 4 is 11.5 Å². The van der Waals surface area contributed by atoms with Crippen molar-refractivity contribution in [3.63, 3.8) is 0 Å². The summed E-state index contributed by atoms with van der Waals surface area (Å²) in [6.07, 6.45) is 2.60. The number of amidine groups is 1. The fraction of sp³-hybridized carbons (Fsp3) is 0.533. The van der Waals surface area contributed by atoms with Crippen molar-refractivity contribution in [1.29, 1.82) is 5.41 Å². The van der Waals surface area contributed by atoms with Crippen LogP contribution in [0.15, 0.2) is 24.3 Å². The summed E-state index contributed by atoms with van der Waals surface area (Å²) in [6, 6.07) is 8.36. The summed E-state index contributed by atoms with van der Waals surface area (Å²) in [5, 5.41) is 7.73. The minimum Gasteiger partial charge on any atom is -0.384 e. The summed E-state index contributed by atoms with van der Waals surface area (Å²) >= 11 is 0. The minimum atomic E-state index is 0.126. The highest BCUT2D eigenvalue weighted by Crippen LogP contribution is 2.37. The lowest BCUT2D eigenvalue weighted by atomic mass is 10.1.